The zero-order chi connectivity index (χ0) is 19.8. The third kappa shape index (κ3) is 4.96. The van der Waals surface area contributed by atoms with Crippen LogP contribution in [0.3, 0.4) is 0 Å². The Bertz CT molecular complexity index is 898. The Balaban J connectivity index is 1.41. The zero-order valence-corrected chi connectivity index (χ0v) is 16.9. The molecule has 0 aliphatic rings. The molecule has 1 heterocycles. The van der Waals surface area contributed by atoms with Crippen molar-refractivity contribution < 1.29 is 4.74 Å². The Hall–Kier alpha value is -2.72. The van der Waals surface area contributed by atoms with E-state index in [1.54, 1.807) is 6.20 Å². The number of hydrogen-bond acceptors (Lipinski definition) is 3. The van der Waals surface area contributed by atoms with Gasteiger partial charge in [0.1, 0.15) is 12.4 Å². The minimum absolute atomic E-state index is 0.378. The molecule has 3 rings (SSSR count). The highest BCUT2D eigenvalue weighted by Crippen LogP contribution is 2.33. The highest BCUT2D eigenvalue weighted by atomic mass is 16.5. The molecule has 1 aromatic heterocycles. The largest absolute Gasteiger partial charge is 0.492 e. The molecule has 0 unspecified atom stereocenters. The third-order valence-corrected chi connectivity index (χ3v) is 4.91. The summed E-state index contributed by atoms with van der Waals surface area (Å²) in [6.45, 7) is 10.6. The van der Waals surface area contributed by atoms with Crippen LogP contribution in [0.1, 0.15) is 37.3 Å². The van der Waals surface area contributed by atoms with Gasteiger partial charge in [-0.1, -0.05) is 44.7 Å². The number of fused-ring (bicyclic) bond motifs is 1. The first kappa shape index (κ1) is 20.0. The Kier molecular flexibility index (Phi) is 7.15. The average Bonchev–Trinajstić information content (AvgIpc) is 3.10. The molecule has 0 aliphatic carbocycles. The first-order chi connectivity index (χ1) is 13.7. The molecule has 3 aromatic rings. The topological polar surface area (TPSA) is 49.1 Å². The Labute approximate surface area is 168 Å². The van der Waals surface area contributed by atoms with Crippen LogP contribution in [0.15, 0.2) is 61.4 Å². The minimum atomic E-state index is 0.378. The second kappa shape index (κ2) is 10.00. The fraction of sp³-hybridized carbons (Fsp3) is 0.333. The van der Waals surface area contributed by atoms with Crippen molar-refractivity contribution in [3.05, 3.63) is 72.6 Å². The van der Waals surface area contributed by atoms with Crippen molar-refractivity contribution in [2.24, 2.45) is 0 Å². The highest BCUT2D eigenvalue weighted by Gasteiger charge is 2.12. The number of aromatic amines is 1. The predicted octanol–water partition coefficient (Wildman–Crippen LogP) is 5.45. The van der Waals surface area contributed by atoms with E-state index in [1.807, 2.05) is 12.1 Å². The van der Waals surface area contributed by atoms with Gasteiger partial charge in [0.25, 0.3) is 0 Å². The number of anilines is 1. The van der Waals surface area contributed by atoms with Gasteiger partial charge >= 0.3 is 0 Å². The summed E-state index contributed by atoms with van der Waals surface area (Å²) in [6.07, 6.45) is 6.02. The molecule has 3 N–H and O–H groups in total. The molecule has 4 heteroatoms. The smallest absolute Gasteiger partial charge is 0.124 e. The third-order valence-electron chi connectivity index (χ3n) is 4.91. The number of H-pyrrole nitrogens is 1. The number of nitrogens with one attached hydrogen (secondary N) is 3. The van der Waals surface area contributed by atoms with Gasteiger partial charge in [-0.2, -0.15) is 0 Å². The van der Waals surface area contributed by atoms with Crippen LogP contribution in [0.2, 0.25) is 0 Å². The summed E-state index contributed by atoms with van der Waals surface area (Å²) in [5, 5.41) is 8.03. The van der Waals surface area contributed by atoms with Gasteiger partial charge in [0.2, 0.25) is 0 Å². The predicted molar refractivity (Wildman–Crippen MR) is 119 cm³/mol. The number of benzene rings is 2. The fourth-order valence-electron chi connectivity index (χ4n) is 3.60. The van der Waals surface area contributed by atoms with Crippen LogP contribution in [0.5, 0.6) is 5.75 Å². The van der Waals surface area contributed by atoms with Crippen LogP contribution in [0.25, 0.3) is 10.9 Å². The van der Waals surface area contributed by atoms with Crippen molar-refractivity contribution in [1.29, 1.82) is 0 Å². The Morgan fingerprint density at radius 3 is 2.79 bits per heavy atom. The molecule has 2 aromatic carbocycles. The van der Waals surface area contributed by atoms with Crippen molar-refractivity contribution in [1.82, 2.24) is 10.3 Å². The normalized spacial score (nSPS) is 11.1. The van der Waals surface area contributed by atoms with Gasteiger partial charge in [-0.25, -0.2) is 0 Å². The molecule has 0 fully saturated rings. The molecule has 0 radical (unpaired) electrons. The summed E-state index contributed by atoms with van der Waals surface area (Å²) in [7, 11) is 0. The van der Waals surface area contributed by atoms with E-state index in [1.165, 1.54) is 22.0 Å². The van der Waals surface area contributed by atoms with Crippen molar-refractivity contribution >= 4 is 16.6 Å². The molecule has 0 amide bonds. The Morgan fingerprint density at radius 1 is 1.11 bits per heavy atom. The molecule has 0 saturated carbocycles. The van der Waals surface area contributed by atoms with Gasteiger partial charge in [0, 0.05) is 34.9 Å². The van der Waals surface area contributed by atoms with E-state index in [-0.39, 0.29) is 0 Å². The van der Waals surface area contributed by atoms with Crippen molar-refractivity contribution in [3.63, 3.8) is 0 Å². The zero-order valence-electron chi connectivity index (χ0n) is 16.9. The van der Waals surface area contributed by atoms with Crippen LogP contribution >= 0.6 is 0 Å². The number of ether oxygens (including phenoxy) is 1. The average molecular weight is 378 g/mol. The van der Waals surface area contributed by atoms with E-state index in [9.17, 15) is 0 Å². The molecule has 0 bridgehead atoms. The summed E-state index contributed by atoms with van der Waals surface area (Å²) < 4.78 is 6.05. The standard InChI is InChI=1S/C24H31N3O/c1-4-26-22-12-7-13-23(24(22)18(2)3)28-16-15-25-14-8-9-19-17-27-21-11-6-5-10-20(19)21/h4-7,10-13,17-18,25-27H,1,8-9,14-16H2,2-3H3. The highest BCUT2D eigenvalue weighted by molar-refractivity contribution is 5.83. The van der Waals surface area contributed by atoms with Crippen LogP contribution in [-0.2, 0) is 6.42 Å². The summed E-state index contributed by atoms with van der Waals surface area (Å²) in [6, 6.07) is 14.6. The molecule has 28 heavy (non-hydrogen) atoms. The van der Waals surface area contributed by atoms with Crippen molar-refractivity contribution in [3.8, 4) is 5.75 Å². The van der Waals surface area contributed by atoms with Crippen LogP contribution in [-0.4, -0.2) is 24.7 Å². The van der Waals surface area contributed by atoms with Crippen molar-refractivity contribution in [2.75, 3.05) is 25.0 Å². The Morgan fingerprint density at radius 2 is 1.96 bits per heavy atom. The maximum absolute atomic E-state index is 6.05. The number of rotatable bonds is 11. The van der Waals surface area contributed by atoms with E-state index in [4.69, 9.17) is 4.74 Å². The second-order valence-corrected chi connectivity index (χ2v) is 7.28. The lowest BCUT2D eigenvalue weighted by atomic mass is 10.00. The monoisotopic (exact) mass is 377 g/mol. The number of hydrogen-bond donors (Lipinski definition) is 3. The lowest BCUT2D eigenvalue weighted by molar-refractivity contribution is 0.310. The number of aromatic nitrogens is 1. The summed E-state index contributed by atoms with van der Waals surface area (Å²) in [5.74, 6) is 1.32. The fourth-order valence-corrected chi connectivity index (χ4v) is 3.60. The molecule has 0 aliphatic heterocycles. The first-order valence-corrected chi connectivity index (χ1v) is 10.1. The van der Waals surface area contributed by atoms with Crippen LogP contribution < -0.4 is 15.4 Å². The SMILES string of the molecule is C=CNc1cccc(OCCNCCCc2c[nH]c3ccccc23)c1C(C)C. The van der Waals surface area contributed by atoms with Gasteiger partial charge < -0.3 is 20.4 Å². The van der Waals surface area contributed by atoms with Crippen LogP contribution in [0.4, 0.5) is 5.69 Å². The maximum Gasteiger partial charge on any atom is 0.124 e. The second-order valence-electron chi connectivity index (χ2n) is 7.28. The quantitative estimate of drug-likeness (QED) is 0.390. The first-order valence-electron chi connectivity index (χ1n) is 10.1. The molecule has 0 saturated heterocycles. The van der Waals surface area contributed by atoms with E-state index >= 15 is 0 Å². The lowest BCUT2D eigenvalue weighted by Gasteiger charge is -2.18. The van der Waals surface area contributed by atoms with Crippen molar-refractivity contribution in [2.45, 2.75) is 32.6 Å². The summed E-state index contributed by atoms with van der Waals surface area (Å²) in [4.78, 5) is 3.34. The molecule has 0 spiro atoms. The maximum atomic E-state index is 6.05. The molecule has 0 atom stereocenters. The molecular formula is C24H31N3O. The minimum Gasteiger partial charge on any atom is -0.492 e. The van der Waals surface area contributed by atoms with Crippen LogP contribution in [0, 0.1) is 0 Å². The number of aryl methyl sites for hydroxylation is 1. The van der Waals surface area contributed by atoms with Gasteiger partial charge in [-0.3, -0.25) is 0 Å². The van der Waals surface area contributed by atoms with E-state index in [0.29, 0.717) is 12.5 Å². The van der Waals surface area contributed by atoms with Gasteiger partial charge in [0.05, 0.1) is 0 Å². The summed E-state index contributed by atoms with van der Waals surface area (Å²) >= 11 is 0. The van der Waals surface area contributed by atoms with E-state index < -0.39 is 0 Å². The van der Waals surface area contributed by atoms with E-state index in [0.717, 1.165) is 37.4 Å². The van der Waals surface area contributed by atoms with Gasteiger partial charge in [-0.15, -0.1) is 0 Å². The number of para-hydroxylation sites is 1. The molecule has 148 valence electrons. The molecular weight excluding hydrogens is 346 g/mol. The summed E-state index contributed by atoms with van der Waals surface area (Å²) in [5.41, 5.74) is 4.87. The molecule has 4 nitrogen and oxygen atoms in total. The lowest BCUT2D eigenvalue weighted by Crippen LogP contribution is -2.22. The van der Waals surface area contributed by atoms with Gasteiger partial charge in [-0.05, 0) is 55.3 Å². The van der Waals surface area contributed by atoms with E-state index in [2.05, 4.69) is 72.6 Å². The van der Waals surface area contributed by atoms with Gasteiger partial charge in [0.15, 0.2) is 0 Å².